The molecule has 5 rings (SSSR count). The molecule has 0 amide bonds. The van der Waals surface area contributed by atoms with Crippen LogP contribution in [0.5, 0.6) is 23.0 Å². The lowest BCUT2D eigenvalue weighted by Gasteiger charge is -2.21. The van der Waals surface area contributed by atoms with Gasteiger partial charge in [0.25, 0.3) is 0 Å². The monoisotopic (exact) mass is 616 g/mol. The molecule has 0 atom stereocenters. The van der Waals surface area contributed by atoms with Crippen LogP contribution in [-0.2, 0) is 25.7 Å². The van der Waals surface area contributed by atoms with Gasteiger partial charge in [-0.3, -0.25) is 9.59 Å². The van der Waals surface area contributed by atoms with Crippen molar-refractivity contribution >= 4 is 11.6 Å². The Morgan fingerprint density at radius 2 is 0.913 bits per heavy atom. The van der Waals surface area contributed by atoms with Crippen molar-refractivity contribution in [2.24, 2.45) is 0 Å². The second kappa shape index (κ2) is 14.3. The van der Waals surface area contributed by atoms with Crippen LogP contribution in [0.3, 0.4) is 0 Å². The summed E-state index contributed by atoms with van der Waals surface area (Å²) in [6.07, 6.45) is 5.33. The zero-order chi connectivity index (χ0) is 32.8. The third kappa shape index (κ3) is 6.76. The molecule has 1 aliphatic rings. The minimum Gasteiger partial charge on any atom is -0.507 e. The van der Waals surface area contributed by atoms with Gasteiger partial charge in [-0.25, -0.2) is 0 Å². The molecule has 0 aliphatic heterocycles. The maximum Gasteiger partial charge on any atom is 0.185 e. The van der Waals surface area contributed by atoms with Crippen LogP contribution in [0.25, 0.3) is 0 Å². The van der Waals surface area contributed by atoms with Gasteiger partial charge < -0.3 is 19.7 Å². The van der Waals surface area contributed by atoms with E-state index in [1.54, 1.807) is 24.3 Å². The number of allylic oxidation sites excluding steroid dienone is 2. The van der Waals surface area contributed by atoms with E-state index in [-0.39, 0.29) is 23.1 Å². The summed E-state index contributed by atoms with van der Waals surface area (Å²) in [6, 6.07) is 18.5. The Bertz CT molecular complexity index is 1590. The molecule has 6 heteroatoms. The molecule has 8 bridgehead atoms. The number of carbonyl (C=O) groups is 2. The van der Waals surface area contributed by atoms with Crippen molar-refractivity contribution in [3.63, 3.8) is 0 Å². The summed E-state index contributed by atoms with van der Waals surface area (Å²) in [4.78, 5) is 25.8. The average molecular weight is 617 g/mol. The zero-order valence-electron chi connectivity index (χ0n) is 26.5. The molecule has 0 spiro atoms. The van der Waals surface area contributed by atoms with Gasteiger partial charge in [0.2, 0.25) is 0 Å². The van der Waals surface area contributed by atoms with Gasteiger partial charge in [0.05, 0.1) is 13.2 Å². The molecular weight excluding hydrogens is 576 g/mol. The quantitative estimate of drug-likeness (QED) is 0.122. The van der Waals surface area contributed by atoms with Crippen molar-refractivity contribution < 1.29 is 29.3 Å². The van der Waals surface area contributed by atoms with Crippen LogP contribution < -0.4 is 9.47 Å². The number of fused-ring (bicyclic) bond motifs is 8. The van der Waals surface area contributed by atoms with E-state index in [9.17, 15) is 19.8 Å². The van der Waals surface area contributed by atoms with Crippen molar-refractivity contribution in [1.29, 1.82) is 0 Å². The van der Waals surface area contributed by atoms with Crippen LogP contribution in [0.1, 0.15) is 91.9 Å². The predicted molar refractivity (Wildman–Crippen MR) is 181 cm³/mol. The first kappa shape index (κ1) is 32.3. The predicted octanol–water partition coefficient (Wildman–Crippen LogP) is 8.09. The highest BCUT2D eigenvalue weighted by Crippen LogP contribution is 2.39. The lowest BCUT2D eigenvalue weighted by Crippen LogP contribution is -2.08. The van der Waals surface area contributed by atoms with Gasteiger partial charge in [-0.1, -0.05) is 63.4 Å². The van der Waals surface area contributed by atoms with Gasteiger partial charge in [-0.05, 0) is 93.8 Å². The number of phenols is 2. The molecule has 0 fully saturated rings. The van der Waals surface area contributed by atoms with Crippen molar-refractivity contribution in [2.45, 2.75) is 52.4 Å². The molecule has 0 saturated heterocycles. The highest BCUT2D eigenvalue weighted by atomic mass is 16.5. The van der Waals surface area contributed by atoms with Crippen molar-refractivity contribution in [2.75, 3.05) is 13.2 Å². The van der Waals surface area contributed by atoms with Gasteiger partial charge in [0.1, 0.15) is 23.0 Å². The number of hydrogen-bond donors (Lipinski definition) is 2. The molecular formula is C40H40O6. The van der Waals surface area contributed by atoms with Crippen molar-refractivity contribution in [3.8, 4) is 23.0 Å². The minimum absolute atomic E-state index is 0.113. The molecule has 1 aliphatic carbocycles. The van der Waals surface area contributed by atoms with E-state index in [2.05, 4.69) is 13.2 Å². The van der Waals surface area contributed by atoms with E-state index in [1.807, 2.05) is 50.2 Å². The summed E-state index contributed by atoms with van der Waals surface area (Å²) < 4.78 is 12.7. The number of carbonyl (C=O) groups excluding carboxylic acids is 2. The summed E-state index contributed by atoms with van der Waals surface area (Å²) in [5.74, 6) is 1.06. The Morgan fingerprint density at radius 1 is 0.609 bits per heavy atom. The molecule has 6 nitrogen and oxygen atoms in total. The fraction of sp³-hybridized carbons (Fsp3) is 0.250. The lowest BCUT2D eigenvalue weighted by atomic mass is 9.89. The topological polar surface area (TPSA) is 93.1 Å². The van der Waals surface area contributed by atoms with Gasteiger partial charge in [-0.2, -0.15) is 0 Å². The largest absolute Gasteiger partial charge is 0.507 e. The van der Waals surface area contributed by atoms with Gasteiger partial charge >= 0.3 is 0 Å². The first-order valence-electron chi connectivity index (χ1n) is 15.8. The molecule has 0 saturated carbocycles. The van der Waals surface area contributed by atoms with E-state index in [0.29, 0.717) is 83.8 Å². The lowest BCUT2D eigenvalue weighted by molar-refractivity contribution is 0.103. The Hall–Kier alpha value is -5.10. The number of ketones is 2. The first-order chi connectivity index (χ1) is 22.3. The highest BCUT2D eigenvalue weighted by molar-refractivity contribution is 6.05. The van der Waals surface area contributed by atoms with E-state index in [1.165, 1.54) is 12.2 Å². The first-order valence-corrected chi connectivity index (χ1v) is 15.8. The van der Waals surface area contributed by atoms with E-state index in [0.717, 1.165) is 35.1 Å². The molecule has 0 radical (unpaired) electrons. The third-order valence-electron chi connectivity index (χ3n) is 8.26. The fourth-order valence-electron chi connectivity index (χ4n) is 6.01. The molecule has 4 aromatic rings. The minimum atomic E-state index is -0.233. The Labute approximate surface area is 270 Å². The number of hydrogen-bond acceptors (Lipinski definition) is 6. The average Bonchev–Trinajstić information content (AvgIpc) is 3.06. The molecule has 0 aromatic heterocycles. The van der Waals surface area contributed by atoms with Crippen LogP contribution in [0.15, 0.2) is 86.0 Å². The number of ether oxygens (including phenoxy) is 2. The Balaban J connectivity index is 1.81. The van der Waals surface area contributed by atoms with Crippen LogP contribution in [0, 0.1) is 0 Å². The molecule has 236 valence electrons. The summed E-state index contributed by atoms with van der Waals surface area (Å²) in [5, 5.41) is 23.4. The van der Waals surface area contributed by atoms with E-state index >= 15 is 0 Å². The Morgan fingerprint density at radius 3 is 1.17 bits per heavy atom. The second-order valence-electron chi connectivity index (χ2n) is 11.6. The van der Waals surface area contributed by atoms with Crippen LogP contribution >= 0.6 is 0 Å². The summed E-state index contributed by atoms with van der Waals surface area (Å²) in [5.41, 5.74) is 6.55. The fourth-order valence-corrected chi connectivity index (χ4v) is 6.01. The second-order valence-corrected chi connectivity index (χ2v) is 11.6. The Kier molecular flexibility index (Phi) is 10.1. The summed E-state index contributed by atoms with van der Waals surface area (Å²) in [7, 11) is 0. The molecule has 4 aromatic carbocycles. The van der Waals surface area contributed by atoms with Crippen LogP contribution in [0.4, 0.5) is 0 Å². The highest BCUT2D eigenvalue weighted by Gasteiger charge is 2.22. The van der Waals surface area contributed by atoms with Gasteiger partial charge in [0.15, 0.2) is 11.6 Å². The standard InChI is InChI=1S/C40H40O6/c1-5-15-45-39-25-11-9-12-26(39)18-32-22-30(36(42)8-4)24-34(38(32)44)20-28-14-10-13-27(40(28)46-16-6-2)19-33-23-29(35(41)7-3)21-31(17-25)37(33)43/h7-14,21-24,43-44H,3-6,15-20H2,1-2H3. The van der Waals surface area contributed by atoms with Crippen molar-refractivity contribution in [3.05, 3.63) is 142 Å². The maximum atomic E-state index is 12.9. The molecule has 0 unspecified atom stereocenters. The smallest absolute Gasteiger partial charge is 0.185 e. The molecule has 46 heavy (non-hydrogen) atoms. The summed E-state index contributed by atoms with van der Waals surface area (Å²) in [6.45, 7) is 12.4. The normalized spacial score (nSPS) is 12.2. The van der Waals surface area contributed by atoms with Crippen LogP contribution in [-0.4, -0.2) is 35.0 Å². The third-order valence-corrected chi connectivity index (χ3v) is 8.26. The number of rotatable bonds is 10. The number of benzene rings is 4. The summed E-state index contributed by atoms with van der Waals surface area (Å²) >= 11 is 0. The van der Waals surface area contributed by atoms with Crippen LogP contribution in [0.2, 0.25) is 0 Å². The molecule has 2 N–H and O–H groups in total. The number of para-hydroxylation sites is 2. The number of aromatic hydroxyl groups is 2. The zero-order valence-corrected chi connectivity index (χ0v) is 26.5. The maximum absolute atomic E-state index is 12.9. The van der Waals surface area contributed by atoms with Crippen molar-refractivity contribution in [1.82, 2.24) is 0 Å². The van der Waals surface area contributed by atoms with Gasteiger partial charge in [-0.15, -0.1) is 0 Å². The molecule has 0 heterocycles. The van der Waals surface area contributed by atoms with E-state index in [4.69, 9.17) is 9.47 Å². The van der Waals surface area contributed by atoms with E-state index < -0.39 is 0 Å². The number of phenolic OH excluding ortho intramolecular Hbond substituents is 2. The SMILES string of the molecule is C=CC(=O)c1cc2c(O)c(c1)Cc1cccc(c1OCCC)Cc1cc(C(=O)C=C)cc(c1O)Cc1cccc(c1OCCC)C2. The van der Waals surface area contributed by atoms with Gasteiger partial charge in [0, 0.05) is 36.8 Å².